The third-order valence-electron chi connectivity index (χ3n) is 4.26. The Morgan fingerprint density at radius 3 is 2.76 bits per heavy atom. The predicted molar refractivity (Wildman–Crippen MR) is 94.1 cm³/mol. The molecule has 2 saturated heterocycles. The molecule has 2 rings (SSSR count). The smallest absolute Gasteiger partial charge is 0.223 e. The number of hydrogen-bond acceptors (Lipinski definition) is 3. The van der Waals surface area contributed by atoms with Gasteiger partial charge in [-0.15, -0.1) is 24.0 Å². The molecular weight excluding hydrogens is 383 g/mol. The lowest BCUT2D eigenvalue weighted by molar-refractivity contribution is -0.128. The molecule has 6 nitrogen and oxygen atoms in total. The first-order valence-electron chi connectivity index (χ1n) is 7.30. The molecule has 0 aliphatic carbocycles. The van der Waals surface area contributed by atoms with Crippen LogP contribution in [0.25, 0.3) is 0 Å². The summed E-state index contributed by atoms with van der Waals surface area (Å²) >= 11 is 0. The van der Waals surface area contributed by atoms with Crippen LogP contribution in [0.5, 0.6) is 0 Å². The van der Waals surface area contributed by atoms with Crippen LogP contribution in [0.1, 0.15) is 19.3 Å². The van der Waals surface area contributed by atoms with Crippen LogP contribution >= 0.6 is 24.0 Å². The van der Waals surface area contributed by atoms with E-state index in [9.17, 15) is 4.79 Å². The summed E-state index contributed by atoms with van der Waals surface area (Å²) in [7, 11) is 5.36. The Balaban J connectivity index is 0.00000220. The second-order valence-corrected chi connectivity index (χ2v) is 5.99. The summed E-state index contributed by atoms with van der Waals surface area (Å²) in [6.07, 6.45) is 2.82. The van der Waals surface area contributed by atoms with Crippen molar-refractivity contribution in [2.24, 2.45) is 10.4 Å². The Morgan fingerprint density at radius 1 is 1.43 bits per heavy atom. The third kappa shape index (κ3) is 4.70. The molecule has 0 bridgehead atoms. The zero-order valence-electron chi connectivity index (χ0n) is 13.2. The minimum Gasteiger partial charge on any atom is -0.381 e. The Bertz CT molecular complexity index is 381. The number of carbonyl (C=O) groups excluding carboxylic acids is 1. The standard InChI is InChI=1S/C14H26N4O2.HI/c1-15-13(16-7-4-12(19)17(2)3)18-8-5-14(10-18)6-9-20-11-14;/h4-11H2,1-3H3,(H,15,16);1H. The molecule has 0 radical (unpaired) electrons. The fraction of sp³-hybridized carbons (Fsp3) is 0.857. The molecule has 1 atom stereocenters. The highest BCUT2D eigenvalue weighted by atomic mass is 127. The molecule has 0 saturated carbocycles. The van der Waals surface area contributed by atoms with Gasteiger partial charge in [-0.1, -0.05) is 0 Å². The van der Waals surface area contributed by atoms with Crippen molar-refractivity contribution >= 4 is 35.8 Å². The van der Waals surface area contributed by atoms with Crippen LogP contribution < -0.4 is 5.32 Å². The van der Waals surface area contributed by atoms with Gasteiger partial charge in [0.2, 0.25) is 5.91 Å². The molecule has 21 heavy (non-hydrogen) atoms. The summed E-state index contributed by atoms with van der Waals surface area (Å²) in [5, 5.41) is 3.29. The number of halogens is 1. The molecular formula is C14H27IN4O2. The van der Waals surface area contributed by atoms with Gasteiger partial charge in [-0.2, -0.15) is 0 Å². The number of carbonyl (C=O) groups is 1. The highest BCUT2D eigenvalue weighted by Crippen LogP contribution is 2.38. The number of rotatable bonds is 3. The molecule has 1 unspecified atom stereocenters. The minimum absolute atomic E-state index is 0. The normalized spacial score (nSPS) is 25.1. The van der Waals surface area contributed by atoms with Gasteiger partial charge in [0.15, 0.2) is 5.96 Å². The van der Waals surface area contributed by atoms with E-state index in [1.54, 1.807) is 26.0 Å². The van der Waals surface area contributed by atoms with E-state index in [0.717, 1.165) is 38.7 Å². The van der Waals surface area contributed by atoms with Gasteiger partial charge in [0, 0.05) is 59.2 Å². The monoisotopic (exact) mass is 410 g/mol. The summed E-state index contributed by atoms with van der Waals surface area (Å²) in [6.45, 7) is 4.42. The summed E-state index contributed by atoms with van der Waals surface area (Å²) < 4.78 is 5.55. The largest absolute Gasteiger partial charge is 0.381 e. The van der Waals surface area contributed by atoms with Crippen LogP contribution in [0, 0.1) is 5.41 Å². The number of hydrogen-bond donors (Lipinski definition) is 1. The van der Waals surface area contributed by atoms with Crippen molar-refractivity contribution in [1.29, 1.82) is 0 Å². The number of aliphatic imine (C=N–C) groups is 1. The van der Waals surface area contributed by atoms with E-state index < -0.39 is 0 Å². The van der Waals surface area contributed by atoms with Crippen LogP contribution in [-0.2, 0) is 9.53 Å². The van der Waals surface area contributed by atoms with Gasteiger partial charge in [-0.05, 0) is 12.8 Å². The summed E-state index contributed by atoms with van der Waals surface area (Å²) in [4.78, 5) is 19.8. The maximum atomic E-state index is 11.6. The van der Waals surface area contributed by atoms with Crippen LogP contribution in [0.4, 0.5) is 0 Å². The second kappa shape index (κ2) is 8.17. The fourth-order valence-electron chi connectivity index (χ4n) is 2.92. The molecule has 0 aromatic carbocycles. The van der Waals surface area contributed by atoms with Gasteiger partial charge in [-0.25, -0.2) is 0 Å². The summed E-state index contributed by atoms with van der Waals surface area (Å²) in [6, 6.07) is 0. The average Bonchev–Trinajstić information content (AvgIpc) is 3.05. The number of guanidine groups is 1. The van der Waals surface area contributed by atoms with Gasteiger partial charge in [0.1, 0.15) is 0 Å². The molecule has 0 aromatic heterocycles. The topological polar surface area (TPSA) is 57.2 Å². The van der Waals surface area contributed by atoms with Crippen molar-refractivity contribution < 1.29 is 9.53 Å². The average molecular weight is 410 g/mol. The van der Waals surface area contributed by atoms with Crippen LogP contribution in [-0.4, -0.2) is 75.7 Å². The van der Waals surface area contributed by atoms with Gasteiger partial charge >= 0.3 is 0 Å². The first-order valence-corrected chi connectivity index (χ1v) is 7.30. The molecule has 2 fully saturated rings. The Kier molecular flexibility index (Phi) is 7.19. The molecule has 1 N–H and O–H groups in total. The van der Waals surface area contributed by atoms with Crippen LogP contribution in [0.2, 0.25) is 0 Å². The van der Waals surface area contributed by atoms with Crippen molar-refractivity contribution in [2.75, 3.05) is 54.0 Å². The molecule has 1 spiro atoms. The van der Waals surface area contributed by atoms with E-state index >= 15 is 0 Å². The van der Waals surface area contributed by atoms with E-state index in [1.165, 1.54) is 6.42 Å². The Labute approximate surface area is 144 Å². The van der Waals surface area contributed by atoms with Crippen molar-refractivity contribution in [1.82, 2.24) is 15.1 Å². The molecule has 2 aliphatic rings. The molecule has 2 aliphatic heterocycles. The van der Waals surface area contributed by atoms with Gasteiger partial charge in [-0.3, -0.25) is 9.79 Å². The van der Waals surface area contributed by atoms with Crippen molar-refractivity contribution in [2.45, 2.75) is 19.3 Å². The van der Waals surface area contributed by atoms with Gasteiger partial charge < -0.3 is 19.9 Å². The van der Waals surface area contributed by atoms with Crippen molar-refractivity contribution in [3.63, 3.8) is 0 Å². The molecule has 0 aromatic rings. The number of amides is 1. The lowest BCUT2D eigenvalue weighted by atomic mass is 9.87. The lowest BCUT2D eigenvalue weighted by Crippen LogP contribution is -2.42. The highest BCUT2D eigenvalue weighted by Gasteiger charge is 2.42. The van der Waals surface area contributed by atoms with E-state index in [2.05, 4.69) is 15.2 Å². The minimum atomic E-state index is 0. The molecule has 1 amide bonds. The maximum Gasteiger partial charge on any atom is 0.223 e. The first-order chi connectivity index (χ1) is 9.56. The van der Waals surface area contributed by atoms with Gasteiger partial charge in [0.05, 0.1) is 6.61 Å². The third-order valence-corrected chi connectivity index (χ3v) is 4.26. The molecule has 2 heterocycles. The molecule has 122 valence electrons. The van der Waals surface area contributed by atoms with E-state index in [0.29, 0.717) is 18.4 Å². The van der Waals surface area contributed by atoms with Crippen molar-refractivity contribution in [3.05, 3.63) is 0 Å². The Hall–Kier alpha value is -0.570. The number of likely N-dealkylation sites (tertiary alicyclic amines) is 1. The Morgan fingerprint density at radius 2 is 2.19 bits per heavy atom. The maximum absolute atomic E-state index is 11.6. The zero-order chi connectivity index (χ0) is 14.6. The second-order valence-electron chi connectivity index (χ2n) is 5.99. The highest BCUT2D eigenvalue weighted by molar-refractivity contribution is 14.0. The lowest BCUT2D eigenvalue weighted by Gasteiger charge is -2.25. The predicted octanol–water partition coefficient (Wildman–Crippen LogP) is 0.770. The quantitative estimate of drug-likeness (QED) is 0.425. The first kappa shape index (κ1) is 18.5. The summed E-state index contributed by atoms with van der Waals surface area (Å²) in [5.41, 5.74) is 0.330. The SMILES string of the molecule is CN=C(NCCC(=O)N(C)C)N1CCC2(CCOC2)C1.I. The number of ether oxygens (including phenoxy) is 1. The van der Waals surface area contributed by atoms with Crippen LogP contribution in [0.3, 0.4) is 0 Å². The van der Waals surface area contributed by atoms with Gasteiger partial charge in [0.25, 0.3) is 0 Å². The van der Waals surface area contributed by atoms with Crippen LogP contribution in [0.15, 0.2) is 4.99 Å². The fourth-order valence-corrected chi connectivity index (χ4v) is 2.92. The van der Waals surface area contributed by atoms with E-state index in [1.807, 2.05) is 0 Å². The number of nitrogens with one attached hydrogen (secondary N) is 1. The van der Waals surface area contributed by atoms with E-state index in [-0.39, 0.29) is 29.9 Å². The summed E-state index contributed by atoms with van der Waals surface area (Å²) in [5.74, 6) is 1.04. The zero-order valence-corrected chi connectivity index (χ0v) is 15.6. The molecule has 7 heteroatoms. The number of nitrogens with zero attached hydrogens (tertiary/aromatic N) is 3. The van der Waals surface area contributed by atoms with Crippen molar-refractivity contribution in [3.8, 4) is 0 Å². The van der Waals surface area contributed by atoms with E-state index in [4.69, 9.17) is 4.74 Å².